The van der Waals surface area contributed by atoms with Crippen LogP contribution in [0.1, 0.15) is 35.4 Å². The minimum Gasteiger partial charge on any atom is -0.324 e. The molecule has 1 aromatic carbocycles. The first kappa shape index (κ1) is 17.9. The monoisotopic (exact) mass is 409 g/mol. The molecule has 5 nitrogen and oxygen atoms in total. The van der Waals surface area contributed by atoms with Gasteiger partial charge in [0.2, 0.25) is 5.91 Å². The van der Waals surface area contributed by atoms with E-state index in [-0.39, 0.29) is 23.4 Å². The van der Waals surface area contributed by atoms with Crippen LogP contribution < -0.4 is 5.56 Å². The van der Waals surface area contributed by atoms with E-state index in [2.05, 4.69) is 4.98 Å². The molecule has 2 heterocycles. The van der Waals surface area contributed by atoms with Gasteiger partial charge in [0.15, 0.2) is 0 Å². The lowest BCUT2D eigenvalue weighted by Crippen LogP contribution is -2.36. The molecule has 1 saturated carbocycles. The summed E-state index contributed by atoms with van der Waals surface area (Å²) in [5.74, 6) is 1.12. The highest BCUT2D eigenvalue weighted by Gasteiger charge is 2.32. The highest BCUT2D eigenvalue weighted by molar-refractivity contribution is 7.99. The van der Waals surface area contributed by atoms with E-state index in [1.807, 2.05) is 6.07 Å². The second kappa shape index (κ2) is 7.25. The van der Waals surface area contributed by atoms with Gasteiger partial charge in [-0.15, -0.1) is 11.8 Å². The van der Waals surface area contributed by atoms with E-state index in [0.29, 0.717) is 22.5 Å². The van der Waals surface area contributed by atoms with Gasteiger partial charge >= 0.3 is 0 Å². The van der Waals surface area contributed by atoms with Gasteiger partial charge in [-0.3, -0.25) is 14.2 Å². The van der Waals surface area contributed by atoms with Gasteiger partial charge in [-0.1, -0.05) is 29.3 Å². The predicted molar refractivity (Wildman–Crippen MR) is 104 cm³/mol. The van der Waals surface area contributed by atoms with Gasteiger partial charge in [0.05, 0.1) is 12.0 Å². The zero-order valence-electron chi connectivity index (χ0n) is 13.9. The molecule has 1 unspecified atom stereocenters. The van der Waals surface area contributed by atoms with E-state index in [9.17, 15) is 9.59 Å². The maximum Gasteiger partial charge on any atom is 0.254 e. The largest absolute Gasteiger partial charge is 0.324 e. The lowest BCUT2D eigenvalue weighted by molar-refractivity contribution is -0.132. The molecular formula is C18H17Cl2N3O2S. The standard InChI is InChI=1S/C18H17Cl2N3O2S/c19-12-3-4-13(14(20)7-12)18-23(5-6-26-18)17(25)9-22-10-21-15(8-16(22)24)11-1-2-11/h3-4,7-8,10-11,18H,1-2,5-6,9H2. The Hall–Kier alpha value is -1.50. The Morgan fingerprint density at radius 1 is 1.27 bits per heavy atom. The minimum atomic E-state index is -0.178. The van der Waals surface area contributed by atoms with Crippen molar-refractivity contribution in [2.45, 2.75) is 30.7 Å². The van der Waals surface area contributed by atoms with E-state index in [1.54, 1.807) is 34.9 Å². The second-order valence-corrected chi connectivity index (χ2v) is 8.56. The number of carbonyl (C=O) groups is 1. The number of hydrogen-bond donors (Lipinski definition) is 0. The highest BCUT2D eigenvalue weighted by atomic mass is 35.5. The molecule has 8 heteroatoms. The Bertz CT molecular complexity index is 914. The molecular weight excluding hydrogens is 393 g/mol. The van der Waals surface area contributed by atoms with Gasteiger partial charge in [-0.05, 0) is 25.0 Å². The summed E-state index contributed by atoms with van der Waals surface area (Å²) in [6.45, 7) is 0.606. The third kappa shape index (κ3) is 3.63. The number of rotatable bonds is 4. The molecule has 1 aliphatic carbocycles. The van der Waals surface area contributed by atoms with E-state index in [1.165, 1.54) is 10.9 Å². The smallest absolute Gasteiger partial charge is 0.254 e. The molecule has 1 saturated heterocycles. The normalized spacial score (nSPS) is 19.8. The van der Waals surface area contributed by atoms with Crippen LogP contribution in [0.25, 0.3) is 0 Å². The summed E-state index contributed by atoms with van der Waals surface area (Å²) < 4.78 is 1.37. The zero-order valence-corrected chi connectivity index (χ0v) is 16.2. The maximum atomic E-state index is 12.8. The Morgan fingerprint density at radius 3 is 2.77 bits per heavy atom. The first-order valence-electron chi connectivity index (χ1n) is 8.45. The van der Waals surface area contributed by atoms with Gasteiger partial charge in [0, 0.05) is 39.9 Å². The van der Waals surface area contributed by atoms with Crippen molar-refractivity contribution in [3.8, 4) is 0 Å². The molecule has 1 atom stereocenters. The number of halogens is 2. The van der Waals surface area contributed by atoms with Crippen molar-refractivity contribution in [1.82, 2.24) is 14.5 Å². The van der Waals surface area contributed by atoms with Gasteiger partial charge < -0.3 is 4.90 Å². The molecule has 0 bridgehead atoms. The van der Waals surface area contributed by atoms with Crippen LogP contribution in [-0.2, 0) is 11.3 Å². The molecule has 26 heavy (non-hydrogen) atoms. The van der Waals surface area contributed by atoms with Crippen LogP contribution in [-0.4, -0.2) is 32.7 Å². The third-order valence-corrected chi connectivity index (χ3v) is 6.45. The fraction of sp³-hybridized carbons (Fsp3) is 0.389. The number of benzene rings is 1. The average molecular weight is 410 g/mol. The van der Waals surface area contributed by atoms with Gasteiger partial charge in [-0.25, -0.2) is 4.98 Å². The number of amides is 1. The molecule has 0 spiro atoms. The summed E-state index contributed by atoms with van der Waals surface area (Å²) >= 11 is 13.9. The van der Waals surface area contributed by atoms with Gasteiger partial charge in [0.25, 0.3) is 5.56 Å². The molecule has 1 aliphatic heterocycles. The predicted octanol–water partition coefficient (Wildman–Crippen LogP) is 3.70. The zero-order chi connectivity index (χ0) is 18.3. The SMILES string of the molecule is O=C(Cn1cnc(C2CC2)cc1=O)N1CCSC1c1ccc(Cl)cc1Cl. The molecule has 2 aromatic rings. The van der Waals surface area contributed by atoms with E-state index in [4.69, 9.17) is 23.2 Å². The van der Waals surface area contributed by atoms with Gasteiger partial charge in [0.1, 0.15) is 11.9 Å². The number of carbonyl (C=O) groups excluding carboxylic acids is 1. The highest BCUT2D eigenvalue weighted by Crippen LogP contribution is 2.41. The van der Waals surface area contributed by atoms with Crippen LogP contribution in [0.4, 0.5) is 0 Å². The van der Waals surface area contributed by atoms with Crippen molar-refractivity contribution in [1.29, 1.82) is 0 Å². The first-order valence-corrected chi connectivity index (χ1v) is 10.3. The first-order chi connectivity index (χ1) is 12.5. The lowest BCUT2D eigenvalue weighted by Gasteiger charge is -2.25. The van der Waals surface area contributed by atoms with Crippen LogP contribution in [0.2, 0.25) is 10.0 Å². The van der Waals surface area contributed by atoms with Crippen molar-refractivity contribution in [2.75, 3.05) is 12.3 Å². The molecule has 2 aliphatic rings. The number of hydrogen-bond acceptors (Lipinski definition) is 4. The number of aromatic nitrogens is 2. The van der Waals surface area contributed by atoms with Gasteiger partial charge in [-0.2, -0.15) is 0 Å². The summed E-state index contributed by atoms with van der Waals surface area (Å²) in [6, 6.07) is 6.86. The van der Waals surface area contributed by atoms with Crippen LogP contribution in [0, 0.1) is 0 Å². The van der Waals surface area contributed by atoms with Crippen molar-refractivity contribution in [3.63, 3.8) is 0 Å². The summed E-state index contributed by atoms with van der Waals surface area (Å²) in [4.78, 5) is 31.2. The summed E-state index contributed by atoms with van der Waals surface area (Å²) in [5, 5.41) is 0.942. The quantitative estimate of drug-likeness (QED) is 0.772. The number of nitrogens with zero attached hydrogens (tertiary/aromatic N) is 3. The molecule has 2 fully saturated rings. The summed E-state index contributed by atoms with van der Waals surface area (Å²) in [7, 11) is 0. The second-order valence-electron chi connectivity index (χ2n) is 6.53. The summed E-state index contributed by atoms with van der Waals surface area (Å²) in [5.41, 5.74) is 1.52. The van der Waals surface area contributed by atoms with E-state index in [0.717, 1.165) is 29.9 Å². The topological polar surface area (TPSA) is 55.2 Å². The van der Waals surface area contributed by atoms with Crippen molar-refractivity contribution >= 4 is 40.9 Å². The Balaban J connectivity index is 1.52. The van der Waals surface area contributed by atoms with Crippen LogP contribution in [0.5, 0.6) is 0 Å². The lowest BCUT2D eigenvalue weighted by atomic mass is 10.2. The molecule has 0 N–H and O–H groups in total. The molecule has 0 radical (unpaired) electrons. The van der Waals surface area contributed by atoms with E-state index < -0.39 is 0 Å². The molecule has 1 amide bonds. The fourth-order valence-electron chi connectivity index (χ4n) is 3.08. The Morgan fingerprint density at radius 2 is 2.08 bits per heavy atom. The maximum absolute atomic E-state index is 12.8. The van der Waals surface area contributed by atoms with Crippen LogP contribution in [0.3, 0.4) is 0 Å². The van der Waals surface area contributed by atoms with Crippen molar-refractivity contribution in [3.05, 3.63) is 62.2 Å². The molecule has 136 valence electrons. The number of thioether (sulfide) groups is 1. The van der Waals surface area contributed by atoms with Crippen LogP contribution in [0.15, 0.2) is 35.4 Å². The Kier molecular flexibility index (Phi) is 4.99. The molecule has 4 rings (SSSR count). The average Bonchev–Trinajstić information content (AvgIpc) is 3.34. The van der Waals surface area contributed by atoms with Crippen LogP contribution >= 0.6 is 35.0 Å². The molecule has 1 aromatic heterocycles. The third-order valence-electron chi connectivity index (χ3n) is 4.64. The minimum absolute atomic E-state index is 0.0148. The van der Waals surface area contributed by atoms with Crippen molar-refractivity contribution < 1.29 is 4.79 Å². The van der Waals surface area contributed by atoms with E-state index >= 15 is 0 Å². The van der Waals surface area contributed by atoms with Crippen molar-refractivity contribution in [2.24, 2.45) is 0 Å². The fourth-order valence-corrected chi connectivity index (χ4v) is 4.97. The Labute approximate surface area is 165 Å². The summed E-state index contributed by atoms with van der Waals surface area (Å²) in [6.07, 6.45) is 3.66.